The molecule has 108 valence electrons. The molecule has 19 heavy (non-hydrogen) atoms. The fourth-order valence-electron chi connectivity index (χ4n) is 5.04. The minimum atomic E-state index is -0.506. The summed E-state index contributed by atoms with van der Waals surface area (Å²) < 4.78 is 0. The van der Waals surface area contributed by atoms with E-state index in [0.717, 1.165) is 17.8 Å². The average molecular weight is 265 g/mol. The Bertz CT molecular complexity index is 328. The molecule has 3 heteroatoms. The van der Waals surface area contributed by atoms with Gasteiger partial charge in [-0.25, -0.2) is 0 Å². The van der Waals surface area contributed by atoms with Gasteiger partial charge in [0.2, 0.25) is 5.91 Å². The maximum Gasteiger partial charge on any atom is 0.223 e. The maximum absolute atomic E-state index is 12.2. The third kappa shape index (κ3) is 2.67. The summed E-state index contributed by atoms with van der Waals surface area (Å²) in [5, 5.41) is 13.2. The highest BCUT2D eigenvalue weighted by molar-refractivity contribution is 5.77. The predicted molar refractivity (Wildman–Crippen MR) is 74.5 cm³/mol. The van der Waals surface area contributed by atoms with E-state index in [1.807, 2.05) is 13.8 Å². The Morgan fingerprint density at radius 3 is 2.05 bits per heavy atom. The van der Waals surface area contributed by atoms with Crippen LogP contribution in [0.5, 0.6) is 0 Å². The van der Waals surface area contributed by atoms with Crippen LogP contribution in [0.3, 0.4) is 0 Å². The van der Waals surface area contributed by atoms with E-state index in [0.29, 0.717) is 0 Å². The van der Waals surface area contributed by atoms with Crippen LogP contribution in [0.2, 0.25) is 0 Å². The van der Waals surface area contributed by atoms with Crippen LogP contribution in [-0.4, -0.2) is 22.7 Å². The number of carbonyl (C=O) groups excluding carboxylic acids is 1. The summed E-state index contributed by atoms with van der Waals surface area (Å²) in [5.41, 5.74) is 0.0858. The molecule has 1 unspecified atom stereocenters. The van der Waals surface area contributed by atoms with E-state index in [1.165, 1.54) is 38.5 Å². The zero-order chi connectivity index (χ0) is 13.6. The molecule has 4 aliphatic rings. The van der Waals surface area contributed by atoms with Crippen LogP contribution in [0.4, 0.5) is 0 Å². The molecular formula is C16H27NO2. The lowest BCUT2D eigenvalue weighted by molar-refractivity contribution is -0.129. The van der Waals surface area contributed by atoms with E-state index < -0.39 is 6.10 Å². The zero-order valence-electron chi connectivity index (χ0n) is 12.2. The van der Waals surface area contributed by atoms with Crippen LogP contribution in [0.25, 0.3) is 0 Å². The molecule has 0 radical (unpaired) electrons. The van der Waals surface area contributed by atoms with Crippen molar-refractivity contribution in [1.82, 2.24) is 5.32 Å². The fraction of sp³-hybridized carbons (Fsp3) is 0.938. The second-order valence-corrected chi connectivity index (χ2v) is 7.76. The molecule has 1 atom stereocenters. The summed E-state index contributed by atoms with van der Waals surface area (Å²) in [6.07, 6.45) is 7.48. The molecule has 3 nitrogen and oxygen atoms in total. The van der Waals surface area contributed by atoms with Crippen molar-refractivity contribution in [2.75, 3.05) is 0 Å². The van der Waals surface area contributed by atoms with Gasteiger partial charge in [0, 0.05) is 5.54 Å². The SMILES string of the molecule is CC(C)C(O)CC(=O)NC12CC3CC(CC(C3)C1)C2. The summed E-state index contributed by atoms with van der Waals surface area (Å²) in [7, 11) is 0. The summed E-state index contributed by atoms with van der Waals surface area (Å²) in [6.45, 7) is 3.92. The smallest absolute Gasteiger partial charge is 0.223 e. The number of rotatable bonds is 4. The monoisotopic (exact) mass is 265 g/mol. The summed E-state index contributed by atoms with van der Waals surface area (Å²) >= 11 is 0. The summed E-state index contributed by atoms with van der Waals surface area (Å²) in [4.78, 5) is 12.2. The van der Waals surface area contributed by atoms with Gasteiger partial charge in [0.1, 0.15) is 0 Å². The van der Waals surface area contributed by atoms with Gasteiger partial charge in [-0.15, -0.1) is 0 Å². The topological polar surface area (TPSA) is 49.3 Å². The van der Waals surface area contributed by atoms with Gasteiger partial charge in [-0.1, -0.05) is 13.8 Å². The normalized spacial score (nSPS) is 41.6. The largest absolute Gasteiger partial charge is 0.392 e. The number of carbonyl (C=O) groups is 1. The Labute approximate surface area is 116 Å². The van der Waals surface area contributed by atoms with E-state index >= 15 is 0 Å². The molecule has 0 spiro atoms. The molecule has 0 aromatic heterocycles. The fourth-order valence-corrected chi connectivity index (χ4v) is 5.04. The number of nitrogens with one attached hydrogen (secondary N) is 1. The van der Waals surface area contributed by atoms with Crippen molar-refractivity contribution >= 4 is 5.91 Å². The third-order valence-corrected chi connectivity index (χ3v) is 5.61. The highest BCUT2D eigenvalue weighted by atomic mass is 16.3. The molecule has 0 aliphatic heterocycles. The summed E-state index contributed by atoms with van der Waals surface area (Å²) in [6, 6.07) is 0. The Kier molecular flexibility index (Phi) is 3.36. The highest BCUT2D eigenvalue weighted by Gasteiger charge is 2.51. The molecule has 0 saturated heterocycles. The first-order chi connectivity index (χ1) is 8.96. The molecule has 1 amide bonds. The van der Waals surface area contributed by atoms with Crippen LogP contribution >= 0.6 is 0 Å². The van der Waals surface area contributed by atoms with E-state index in [1.54, 1.807) is 0 Å². The number of aliphatic hydroxyl groups is 1. The molecule has 0 aromatic carbocycles. The lowest BCUT2D eigenvalue weighted by Crippen LogP contribution is -2.60. The Morgan fingerprint density at radius 2 is 1.63 bits per heavy atom. The van der Waals surface area contributed by atoms with Crippen molar-refractivity contribution in [2.45, 2.75) is 70.4 Å². The van der Waals surface area contributed by atoms with E-state index in [2.05, 4.69) is 5.32 Å². The van der Waals surface area contributed by atoms with Gasteiger partial charge in [-0.2, -0.15) is 0 Å². The minimum Gasteiger partial charge on any atom is -0.392 e. The van der Waals surface area contributed by atoms with Gasteiger partial charge >= 0.3 is 0 Å². The van der Waals surface area contributed by atoms with Crippen molar-refractivity contribution in [3.63, 3.8) is 0 Å². The standard InChI is InChI=1S/C16H27NO2/c1-10(2)14(18)6-15(19)17-16-7-11-3-12(8-16)5-13(4-11)9-16/h10-14,18H,3-9H2,1-2H3,(H,17,19). The number of hydrogen-bond donors (Lipinski definition) is 2. The van der Waals surface area contributed by atoms with Gasteiger partial charge in [0.05, 0.1) is 12.5 Å². The van der Waals surface area contributed by atoms with Gasteiger partial charge in [-0.3, -0.25) is 4.79 Å². The van der Waals surface area contributed by atoms with Crippen LogP contribution in [0, 0.1) is 23.7 Å². The zero-order valence-corrected chi connectivity index (χ0v) is 12.2. The third-order valence-electron chi connectivity index (χ3n) is 5.61. The Morgan fingerprint density at radius 1 is 1.16 bits per heavy atom. The second-order valence-electron chi connectivity index (χ2n) is 7.76. The van der Waals surface area contributed by atoms with Crippen molar-refractivity contribution in [1.29, 1.82) is 0 Å². The van der Waals surface area contributed by atoms with E-state index in [-0.39, 0.29) is 23.8 Å². The molecule has 0 heterocycles. The molecule has 4 fully saturated rings. The van der Waals surface area contributed by atoms with Crippen molar-refractivity contribution in [2.24, 2.45) is 23.7 Å². The van der Waals surface area contributed by atoms with Gasteiger partial charge in [0.15, 0.2) is 0 Å². The number of amides is 1. The predicted octanol–water partition coefficient (Wildman–Crippen LogP) is 2.48. The van der Waals surface area contributed by atoms with Gasteiger partial charge < -0.3 is 10.4 Å². The number of aliphatic hydroxyl groups excluding tert-OH is 1. The molecule has 0 aromatic rings. The number of hydrogen-bond acceptors (Lipinski definition) is 2. The van der Waals surface area contributed by atoms with Crippen LogP contribution in [-0.2, 0) is 4.79 Å². The van der Waals surface area contributed by atoms with Crippen LogP contribution < -0.4 is 5.32 Å². The molecule has 4 bridgehead atoms. The van der Waals surface area contributed by atoms with Gasteiger partial charge in [0.25, 0.3) is 0 Å². The molecular weight excluding hydrogens is 238 g/mol. The van der Waals surface area contributed by atoms with E-state index in [4.69, 9.17) is 0 Å². The lowest BCUT2D eigenvalue weighted by atomic mass is 9.53. The van der Waals surface area contributed by atoms with Crippen molar-refractivity contribution in [3.05, 3.63) is 0 Å². The first-order valence-corrected chi connectivity index (χ1v) is 7.95. The Balaban J connectivity index is 1.61. The molecule has 2 N–H and O–H groups in total. The lowest BCUT2D eigenvalue weighted by Gasteiger charge is -2.57. The quantitative estimate of drug-likeness (QED) is 0.820. The second kappa shape index (κ2) is 4.76. The Hall–Kier alpha value is -0.570. The molecule has 4 aliphatic carbocycles. The first-order valence-electron chi connectivity index (χ1n) is 7.95. The molecule has 4 rings (SSSR count). The summed E-state index contributed by atoms with van der Waals surface area (Å²) in [5.74, 6) is 2.76. The van der Waals surface area contributed by atoms with Crippen LogP contribution in [0.1, 0.15) is 58.8 Å². The molecule has 4 saturated carbocycles. The highest BCUT2D eigenvalue weighted by Crippen LogP contribution is 2.55. The van der Waals surface area contributed by atoms with Crippen molar-refractivity contribution in [3.8, 4) is 0 Å². The minimum absolute atomic E-state index is 0.0585. The first kappa shape index (κ1) is 13.4. The van der Waals surface area contributed by atoms with Crippen molar-refractivity contribution < 1.29 is 9.90 Å². The van der Waals surface area contributed by atoms with E-state index in [9.17, 15) is 9.90 Å². The maximum atomic E-state index is 12.2. The van der Waals surface area contributed by atoms with Gasteiger partial charge in [-0.05, 0) is 62.2 Å². The van der Waals surface area contributed by atoms with Crippen LogP contribution in [0.15, 0.2) is 0 Å². The average Bonchev–Trinajstić information content (AvgIpc) is 2.25.